The molecule has 1 aliphatic rings. The van der Waals surface area contributed by atoms with E-state index in [9.17, 15) is 0 Å². The van der Waals surface area contributed by atoms with Crippen LogP contribution in [0, 0.1) is 11.8 Å². The summed E-state index contributed by atoms with van der Waals surface area (Å²) < 4.78 is 4.08. The van der Waals surface area contributed by atoms with Gasteiger partial charge >= 0.3 is 0 Å². The van der Waals surface area contributed by atoms with E-state index in [-0.39, 0.29) is 0 Å². The maximum Gasteiger partial charge on any atom is 0.202 e. The van der Waals surface area contributed by atoms with Gasteiger partial charge in [-0.3, -0.25) is 9.25 Å². The van der Waals surface area contributed by atoms with Crippen LogP contribution in [-0.4, -0.2) is 19.3 Å². The average Bonchev–Trinajstić information content (AvgIpc) is 3.00. The van der Waals surface area contributed by atoms with E-state index in [1.165, 1.54) is 19.3 Å². The van der Waals surface area contributed by atoms with Crippen molar-refractivity contribution in [1.82, 2.24) is 19.3 Å². The minimum Gasteiger partial charge on any atom is -0.369 e. The third kappa shape index (κ3) is 2.01. The Morgan fingerprint density at radius 3 is 2.79 bits per heavy atom. The van der Waals surface area contributed by atoms with Crippen LogP contribution in [0.2, 0.25) is 0 Å². The number of aryl methyl sites for hydroxylation is 2. The topological polar surface area (TPSA) is 61.7 Å². The van der Waals surface area contributed by atoms with Gasteiger partial charge in [0.25, 0.3) is 0 Å². The molecule has 5 heteroatoms. The molecule has 2 atom stereocenters. The third-order valence-corrected chi connectivity index (χ3v) is 4.40. The monoisotopic (exact) mass is 261 g/mol. The van der Waals surface area contributed by atoms with Crippen molar-refractivity contribution in [1.29, 1.82) is 0 Å². The Balaban J connectivity index is 1.98. The molecular weight excluding hydrogens is 238 g/mol. The Labute approximate surface area is 113 Å². The fourth-order valence-electron chi connectivity index (χ4n) is 3.43. The number of fused-ring (bicyclic) bond motifs is 1. The number of hydrogen-bond donors (Lipinski definition) is 1. The van der Waals surface area contributed by atoms with Crippen LogP contribution in [0.1, 0.15) is 38.8 Å². The van der Waals surface area contributed by atoms with Gasteiger partial charge in [0.15, 0.2) is 5.65 Å². The van der Waals surface area contributed by atoms with Gasteiger partial charge in [0.1, 0.15) is 5.52 Å². The Bertz CT molecular complexity index is 595. The average molecular weight is 261 g/mol. The molecule has 2 aromatic rings. The van der Waals surface area contributed by atoms with Crippen LogP contribution in [0.5, 0.6) is 0 Å². The molecule has 0 amide bonds. The van der Waals surface area contributed by atoms with Gasteiger partial charge in [-0.1, -0.05) is 20.3 Å². The van der Waals surface area contributed by atoms with Crippen molar-refractivity contribution in [3.8, 4) is 0 Å². The van der Waals surface area contributed by atoms with Gasteiger partial charge < -0.3 is 5.73 Å². The summed E-state index contributed by atoms with van der Waals surface area (Å²) in [6, 6.07) is 0. The number of imidazole rings is 1. The number of nitrogens with two attached hydrogens (primary N) is 1. The first-order chi connectivity index (χ1) is 9.10. The Morgan fingerprint density at radius 1 is 1.37 bits per heavy atom. The van der Waals surface area contributed by atoms with Crippen molar-refractivity contribution in [3.63, 3.8) is 0 Å². The summed E-state index contributed by atoms with van der Waals surface area (Å²) in [5, 5.41) is 4.54. The van der Waals surface area contributed by atoms with Crippen molar-refractivity contribution >= 4 is 17.1 Å². The van der Waals surface area contributed by atoms with Crippen LogP contribution >= 0.6 is 0 Å². The van der Waals surface area contributed by atoms with Gasteiger partial charge in [0.2, 0.25) is 5.95 Å². The van der Waals surface area contributed by atoms with E-state index in [0.717, 1.165) is 41.7 Å². The maximum atomic E-state index is 6.11. The summed E-state index contributed by atoms with van der Waals surface area (Å²) in [5.74, 6) is 2.22. The molecule has 0 bridgehead atoms. The van der Waals surface area contributed by atoms with Crippen molar-refractivity contribution in [3.05, 3.63) is 5.69 Å². The molecule has 2 aromatic heterocycles. The summed E-state index contributed by atoms with van der Waals surface area (Å²) in [6.45, 7) is 5.43. The zero-order chi connectivity index (χ0) is 13.6. The zero-order valence-corrected chi connectivity index (χ0v) is 12.1. The predicted octanol–water partition coefficient (Wildman–Crippen LogP) is 2.35. The highest BCUT2D eigenvalue weighted by molar-refractivity contribution is 5.77. The molecule has 1 saturated carbocycles. The van der Waals surface area contributed by atoms with Crippen molar-refractivity contribution in [2.75, 3.05) is 5.73 Å². The molecule has 0 saturated heterocycles. The van der Waals surface area contributed by atoms with E-state index in [2.05, 4.69) is 28.5 Å². The zero-order valence-electron chi connectivity index (χ0n) is 12.1. The quantitative estimate of drug-likeness (QED) is 0.922. The number of hydrogen-bond acceptors (Lipinski definition) is 3. The van der Waals surface area contributed by atoms with Crippen molar-refractivity contribution in [2.45, 2.75) is 46.1 Å². The molecule has 0 aromatic carbocycles. The Kier molecular flexibility index (Phi) is 2.99. The predicted molar refractivity (Wildman–Crippen MR) is 76.8 cm³/mol. The summed E-state index contributed by atoms with van der Waals surface area (Å²) in [4.78, 5) is 4.52. The Hall–Kier alpha value is -1.52. The normalized spacial score (nSPS) is 23.5. The lowest BCUT2D eigenvalue weighted by Gasteiger charge is -2.12. The number of nitrogens with zero attached hydrogens (tertiary/aromatic N) is 4. The van der Waals surface area contributed by atoms with E-state index >= 15 is 0 Å². The second-order valence-electron chi connectivity index (χ2n) is 5.96. The highest BCUT2D eigenvalue weighted by Crippen LogP contribution is 2.33. The number of anilines is 1. The van der Waals surface area contributed by atoms with E-state index in [1.807, 2.05) is 11.7 Å². The SMILES string of the molecule is CCc1nn(C)c2c1nc(N)n2CC1CCC(C)C1. The molecule has 104 valence electrons. The van der Waals surface area contributed by atoms with Crippen LogP contribution in [0.4, 0.5) is 5.95 Å². The van der Waals surface area contributed by atoms with Gasteiger partial charge in [0.05, 0.1) is 5.69 Å². The molecule has 3 rings (SSSR count). The van der Waals surface area contributed by atoms with Crippen LogP contribution in [0.25, 0.3) is 11.2 Å². The molecule has 1 fully saturated rings. The molecule has 0 spiro atoms. The molecule has 2 unspecified atom stereocenters. The van der Waals surface area contributed by atoms with Gasteiger partial charge in [-0.15, -0.1) is 0 Å². The molecular formula is C14H23N5. The number of rotatable bonds is 3. The molecule has 5 nitrogen and oxygen atoms in total. The first kappa shape index (κ1) is 12.5. The van der Waals surface area contributed by atoms with Gasteiger partial charge in [-0.2, -0.15) is 5.10 Å². The van der Waals surface area contributed by atoms with Crippen molar-refractivity contribution < 1.29 is 0 Å². The molecule has 1 aliphatic carbocycles. The van der Waals surface area contributed by atoms with E-state index in [1.54, 1.807) is 0 Å². The van der Waals surface area contributed by atoms with Gasteiger partial charge in [-0.25, -0.2) is 4.98 Å². The highest BCUT2D eigenvalue weighted by Gasteiger charge is 2.24. The van der Waals surface area contributed by atoms with Crippen LogP contribution in [0.3, 0.4) is 0 Å². The number of aromatic nitrogens is 4. The summed E-state index contributed by atoms with van der Waals surface area (Å²) in [5.41, 5.74) is 9.22. The molecule has 0 radical (unpaired) electrons. The first-order valence-electron chi connectivity index (χ1n) is 7.27. The highest BCUT2D eigenvalue weighted by atomic mass is 15.3. The third-order valence-electron chi connectivity index (χ3n) is 4.40. The van der Waals surface area contributed by atoms with Crippen LogP contribution < -0.4 is 5.73 Å². The maximum absolute atomic E-state index is 6.11. The standard InChI is InChI=1S/C14H23N5/c1-4-11-12-13(18(3)17-11)19(14(15)16-12)8-10-6-5-9(2)7-10/h9-10H,4-8H2,1-3H3,(H2,15,16). The minimum atomic E-state index is 0.636. The smallest absolute Gasteiger partial charge is 0.202 e. The van der Waals surface area contributed by atoms with Crippen molar-refractivity contribution in [2.24, 2.45) is 18.9 Å². The number of nitrogen functional groups attached to an aromatic ring is 1. The molecule has 2 heterocycles. The lowest BCUT2D eigenvalue weighted by atomic mass is 10.1. The van der Waals surface area contributed by atoms with Gasteiger partial charge in [0, 0.05) is 13.6 Å². The van der Waals surface area contributed by atoms with E-state index in [0.29, 0.717) is 5.95 Å². The molecule has 2 N–H and O–H groups in total. The fourth-order valence-corrected chi connectivity index (χ4v) is 3.43. The van der Waals surface area contributed by atoms with Gasteiger partial charge in [-0.05, 0) is 31.1 Å². The van der Waals surface area contributed by atoms with Crippen LogP contribution in [0.15, 0.2) is 0 Å². The fraction of sp³-hybridized carbons (Fsp3) is 0.714. The molecule has 19 heavy (non-hydrogen) atoms. The lowest BCUT2D eigenvalue weighted by Crippen LogP contribution is -2.12. The minimum absolute atomic E-state index is 0.636. The van der Waals surface area contributed by atoms with Crippen LogP contribution in [-0.2, 0) is 20.0 Å². The molecule has 0 aliphatic heterocycles. The lowest BCUT2D eigenvalue weighted by molar-refractivity contribution is 0.446. The second kappa shape index (κ2) is 4.54. The summed E-state index contributed by atoms with van der Waals surface area (Å²) in [6.07, 6.45) is 4.85. The Morgan fingerprint density at radius 2 is 2.16 bits per heavy atom. The van der Waals surface area contributed by atoms with E-state index in [4.69, 9.17) is 5.73 Å². The summed E-state index contributed by atoms with van der Waals surface area (Å²) >= 11 is 0. The van der Waals surface area contributed by atoms with E-state index < -0.39 is 0 Å². The largest absolute Gasteiger partial charge is 0.369 e. The second-order valence-corrected chi connectivity index (χ2v) is 5.96. The first-order valence-corrected chi connectivity index (χ1v) is 7.27. The summed E-state index contributed by atoms with van der Waals surface area (Å²) in [7, 11) is 1.98.